The summed E-state index contributed by atoms with van der Waals surface area (Å²) >= 11 is 0. The average Bonchev–Trinajstić information content (AvgIpc) is 3.06. The van der Waals surface area contributed by atoms with E-state index < -0.39 is 0 Å². The van der Waals surface area contributed by atoms with Crippen LogP contribution in [0.1, 0.15) is 44.9 Å². The summed E-state index contributed by atoms with van der Waals surface area (Å²) in [6.07, 6.45) is 9.11. The molecule has 0 aromatic carbocycles. The molecular weight excluding hydrogens is 264 g/mol. The molecule has 3 saturated carbocycles. The maximum absolute atomic E-state index is 11.8. The maximum atomic E-state index is 11.8. The fourth-order valence-corrected chi connectivity index (χ4v) is 4.39. The molecule has 3 rings (SSSR count). The van der Waals surface area contributed by atoms with Crippen molar-refractivity contribution >= 4 is 5.97 Å². The smallest absolute Gasteiger partial charge is 0.322 e. The molecule has 21 heavy (non-hydrogen) atoms. The van der Waals surface area contributed by atoms with Crippen LogP contribution in [-0.2, 0) is 9.53 Å². The number of carbonyl (C=O) groups is 1. The molecule has 120 valence electrons. The van der Waals surface area contributed by atoms with Gasteiger partial charge >= 0.3 is 5.97 Å². The van der Waals surface area contributed by atoms with Crippen LogP contribution in [0, 0.1) is 17.8 Å². The zero-order chi connectivity index (χ0) is 14.8. The number of hydrogen-bond donors (Lipinski definition) is 1. The third-order valence-electron chi connectivity index (χ3n) is 5.73. The normalized spacial score (nSPS) is 32.6. The molecule has 4 unspecified atom stereocenters. The first-order valence-electron chi connectivity index (χ1n) is 8.68. The molecule has 4 heteroatoms. The molecule has 0 heterocycles. The van der Waals surface area contributed by atoms with Crippen LogP contribution >= 0.6 is 0 Å². The van der Waals surface area contributed by atoms with E-state index in [4.69, 9.17) is 4.74 Å². The second-order valence-electron chi connectivity index (χ2n) is 7.50. The minimum Gasteiger partial charge on any atom is -0.468 e. The maximum Gasteiger partial charge on any atom is 0.322 e. The lowest BCUT2D eigenvalue weighted by Crippen LogP contribution is -2.42. The number of nitrogens with zero attached hydrogens (tertiary/aromatic N) is 1. The SMILES string of the molecule is COC(=O)C(CCN(C)CC1CC2CCC1C2)NC1CC1. The number of rotatable bonds is 8. The van der Waals surface area contributed by atoms with E-state index in [9.17, 15) is 4.79 Å². The van der Waals surface area contributed by atoms with Crippen LogP contribution in [-0.4, -0.2) is 50.2 Å². The van der Waals surface area contributed by atoms with E-state index in [1.807, 2.05) is 0 Å². The monoisotopic (exact) mass is 294 g/mol. The first kappa shape index (κ1) is 15.3. The van der Waals surface area contributed by atoms with Crippen molar-refractivity contribution in [2.75, 3.05) is 27.2 Å². The molecule has 0 saturated heterocycles. The van der Waals surface area contributed by atoms with Crippen LogP contribution in [0.2, 0.25) is 0 Å². The van der Waals surface area contributed by atoms with Gasteiger partial charge in [-0.3, -0.25) is 4.79 Å². The zero-order valence-electron chi connectivity index (χ0n) is 13.5. The van der Waals surface area contributed by atoms with Gasteiger partial charge in [-0.15, -0.1) is 0 Å². The highest BCUT2D eigenvalue weighted by Crippen LogP contribution is 2.48. The number of fused-ring (bicyclic) bond motifs is 2. The van der Waals surface area contributed by atoms with Crippen LogP contribution in [0.15, 0.2) is 0 Å². The van der Waals surface area contributed by atoms with Crippen LogP contribution in [0.3, 0.4) is 0 Å². The molecule has 0 amide bonds. The van der Waals surface area contributed by atoms with Crippen molar-refractivity contribution in [2.24, 2.45) is 17.8 Å². The summed E-state index contributed by atoms with van der Waals surface area (Å²) in [6, 6.07) is 0.426. The fourth-order valence-electron chi connectivity index (χ4n) is 4.39. The van der Waals surface area contributed by atoms with E-state index in [1.165, 1.54) is 52.2 Å². The minimum atomic E-state index is -0.120. The van der Waals surface area contributed by atoms with Gasteiger partial charge in [-0.05, 0) is 69.9 Å². The number of methoxy groups -OCH3 is 1. The number of ether oxygens (including phenoxy) is 1. The minimum absolute atomic E-state index is 0.102. The Hall–Kier alpha value is -0.610. The summed E-state index contributed by atoms with van der Waals surface area (Å²) in [6.45, 7) is 2.19. The number of carbonyl (C=O) groups excluding carboxylic acids is 1. The number of hydrogen-bond acceptors (Lipinski definition) is 4. The van der Waals surface area contributed by atoms with Crippen molar-refractivity contribution in [1.29, 1.82) is 0 Å². The summed E-state index contributed by atoms with van der Waals surface area (Å²) < 4.78 is 4.93. The van der Waals surface area contributed by atoms with Crippen molar-refractivity contribution in [2.45, 2.75) is 57.0 Å². The summed E-state index contributed by atoms with van der Waals surface area (Å²) in [7, 11) is 3.69. The quantitative estimate of drug-likeness (QED) is 0.696. The Labute approximate surface area is 128 Å². The van der Waals surface area contributed by atoms with Crippen molar-refractivity contribution < 1.29 is 9.53 Å². The molecular formula is C17H30N2O2. The number of nitrogens with one attached hydrogen (secondary N) is 1. The largest absolute Gasteiger partial charge is 0.468 e. The molecule has 3 fully saturated rings. The third kappa shape index (κ3) is 3.98. The van der Waals surface area contributed by atoms with Gasteiger partial charge in [0.05, 0.1) is 7.11 Å². The molecule has 0 spiro atoms. The van der Waals surface area contributed by atoms with Gasteiger partial charge in [-0.2, -0.15) is 0 Å². The topological polar surface area (TPSA) is 41.6 Å². The predicted molar refractivity (Wildman–Crippen MR) is 83.0 cm³/mol. The average molecular weight is 294 g/mol. The Morgan fingerprint density at radius 3 is 2.67 bits per heavy atom. The van der Waals surface area contributed by atoms with Gasteiger partial charge in [0, 0.05) is 12.6 Å². The first-order chi connectivity index (χ1) is 10.2. The zero-order valence-corrected chi connectivity index (χ0v) is 13.5. The second kappa shape index (κ2) is 6.66. The van der Waals surface area contributed by atoms with Crippen molar-refractivity contribution in [3.8, 4) is 0 Å². The Morgan fingerprint density at radius 1 is 1.29 bits per heavy atom. The standard InChI is InChI=1S/C17H30N2O2/c1-19(11-14-10-12-3-4-13(14)9-12)8-7-16(17(20)21-2)18-15-5-6-15/h12-16,18H,3-11H2,1-2H3. The molecule has 4 nitrogen and oxygen atoms in total. The van der Waals surface area contributed by atoms with Crippen molar-refractivity contribution in [1.82, 2.24) is 10.2 Å². The highest BCUT2D eigenvalue weighted by atomic mass is 16.5. The van der Waals surface area contributed by atoms with Crippen LogP contribution in [0.25, 0.3) is 0 Å². The van der Waals surface area contributed by atoms with Gasteiger partial charge in [0.1, 0.15) is 6.04 Å². The van der Waals surface area contributed by atoms with Gasteiger partial charge in [0.15, 0.2) is 0 Å². The third-order valence-corrected chi connectivity index (χ3v) is 5.73. The lowest BCUT2D eigenvalue weighted by atomic mass is 9.88. The van der Waals surface area contributed by atoms with Gasteiger partial charge in [-0.1, -0.05) is 6.42 Å². The van der Waals surface area contributed by atoms with Gasteiger partial charge < -0.3 is 15.0 Å². The molecule has 0 aromatic rings. The molecule has 0 aliphatic heterocycles. The van der Waals surface area contributed by atoms with Crippen molar-refractivity contribution in [3.63, 3.8) is 0 Å². The molecule has 3 aliphatic carbocycles. The molecule has 1 N–H and O–H groups in total. The molecule has 0 aromatic heterocycles. The Morgan fingerprint density at radius 2 is 2.10 bits per heavy atom. The van der Waals surface area contributed by atoms with E-state index >= 15 is 0 Å². The van der Waals surface area contributed by atoms with Crippen LogP contribution in [0.4, 0.5) is 0 Å². The van der Waals surface area contributed by atoms with Crippen LogP contribution in [0.5, 0.6) is 0 Å². The molecule has 4 atom stereocenters. The van der Waals surface area contributed by atoms with E-state index in [-0.39, 0.29) is 12.0 Å². The number of esters is 1. The predicted octanol–water partition coefficient (Wildman–Crippen LogP) is 2.04. The highest BCUT2D eigenvalue weighted by Gasteiger charge is 2.39. The van der Waals surface area contributed by atoms with Gasteiger partial charge in [-0.25, -0.2) is 0 Å². The summed E-state index contributed by atoms with van der Waals surface area (Å²) in [5.41, 5.74) is 0. The van der Waals surface area contributed by atoms with Crippen molar-refractivity contribution in [3.05, 3.63) is 0 Å². The lowest BCUT2D eigenvalue weighted by molar-refractivity contribution is -0.143. The summed E-state index contributed by atoms with van der Waals surface area (Å²) in [5.74, 6) is 2.81. The van der Waals surface area contributed by atoms with E-state index in [0.29, 0.717) is 6.04 Å². The van der Waals surface area contributed by atoms with Crippen LogP contribution < -0.4 is 5.32 Å². The first-order valence-corrected chi connectivity index (χ1v) is 8.68. The molecule has 2 bridgehead atoms. The Kier molecular flexibility index (Phi) is 4.85. The van der Waals surface area contributed by atoms with Gasteiger partial charge in [0.25, 0.3) is 0 Å². The Balaban J connectivity index is 1.40. The molecule has 3 aliphatic rings. The molecule has 0 radical (unpaired) electrons. The lowest BCUT2D eigenvalue weighted by Gasteiger charge is -2.28. The van der Waals surface area contributed by atoms with E-state index in [2.05, 4.69) is 17.3 Å². The summed E-state index contributed by atoms with van der Waals surface area (Å²) in [4.78, 5) is 14.3. The fraction of sp³-hybridized carbons (Fsp3) is 0.941. The van der Waals surface area contributed by atoms with E-state index in [1.54, 1.807) is 0 Å². The highest BCUT2D eigenvalue weighted by molar-refractivity contribution is 5.75. The Bertz CT molecular complexity index is 370. The van der Waals surface area contributed by atoms with E-state index in [0.717, 1.165) is 30.7 Å². The summed E-state index contributed by atoms with van der Waals surface area (Å²) in [5, 5.41) is 3.42. The second-order valence-corrected chi connectivity index (χ2v) is 7.50. The van der Waals surface area contributed by atoms with Gasteiger partial charge in [0.2, 0.25) is 0 Å².